The predicted molar refractivity (Wildman–Crippen MR) is 43.4 cm³/mol. The molecule has 0 atom stereocenters. The quantitative estimate of drug-likeness (QED) is 0.611. The van der Waals surface area contributed by atoms with Crippen molar-refractivity contribution in [3.63, 3.8) is 0 Å². The van der Waals surface area contributed by atoms with Gasteiger partial charge in [0, 0.05) is 0 Å². The standard InChI is InChI=1S/C4H2Cl2N2.C2H6/c5-3-1-7-2-4(6)8-3;1-2/h1-2H;1-2H3. The lowest BCUT2D eigenvalue weighted by molar-refractivity contribution is 1.20. The van der Waals surface area contributed by atoms with Crippen molar-refractivity contribution in [1.29, 1.82) is 0 Å². The van der Waals surface area contributed by atoms with Crippen LogP contribution in [0.4, 0.5) is 0 Å². The third kappa shape index (κ3) is 3.64. The third-order valence-electron chi connectivity index (χ3n) is 0.576. The zero-order valence-corrected chi connectivity index (χ0v) is 7.32. The summed E-state index contributed by atoms with van der Waals surface area (Å²) < 4.78 is 0. The topological polar surface area (TPSA) is 25.8 Å². The highest BCUT2D eigenvalue weighted by molar-refractivity contribution is 6.32. The van der Waals surface area contributed by atoms with Gasteiger partial charge in [-0.25, -0.2) is 4.98 Å². The van der Waals surface area contributed by atoms with Gasteiger partial charge >= 0.3 is 0 Å². The summed E-state index contributed by atoms with van der Waals surface area (Å²) in [6, 6.07) is 0. The van der Waals surface area contributed by atoms with Gasteiger partial charge < -0.3 is 0 Å². The van der Waals surface area contributed by atoms with Crippen LogP contribution in [0, 0.1) is 0 Å². The van der Waals surface area contributed by atoms with Gasteiger partial charge in [-0.2, -0.15) is 0 Å². The highest BCUT2D eigenvalue weighted by atomic mass is 35.5. The van der Waals surface area contributed by atoms with Crippen LogP contribution in [0.2, 0.25) is 10.3 Å². The summed E-state index contributed by atoms with van der Waals surface area (Å²) in [7, 11) is 0. The maximum Gasteiger partial charge on any atom is 0.149 e. The zero-order valence-electron chi connectivity index (χ0n) is 5.81. The van der Waals surface area contributed by atoms with E-state index >= 15 is 0 Å². The first-order chi connectivity index (χ1) is 4.79. The van der Waals surface area contributed by atoms with E-state index in [1.54, 1.807) is 0 Å². The molecule has 0 saturated heterocycles. The first-order valence-corrected chi connectivity index (χ1v) is 3.67. The van der Waals surface area contributed by atoms with E-state index in [9.17, 15) is 0 Å². The lowest BCUT2D eigenvalue weighted by Crippen LogP contribution is -1.76. The van der Waals surface area contributed by atoms with E-state index in [2.05, 4.69) is 9.97 Å². The molecule has 0 spiro atoms. The highest BCUT2D eigenvalue weighted by Crippen LogP contribution is 2.05. The summed E-state index contributed by atoms with van der Waals surface area (Å²) in [5.41, 5.74) is 0. The second-order valence-electron chi connectivity index (χ2n) is 1.16. The molecule has 0 aliphatic heterocycles. The molecule has 1 heterocycles. The maximum atomic E-state index is 5.39. The molecule has 0 aromatic carbocycles. The van der Waals surface area contributed by atoms with E-state index in [1.807, 2.05) is 13.8 Å². The fourth-order valence-corrected chi connectivity index (χ4v) is 0.658. The monoisotopic (exact) mass is 178 g/mol. The molecule has 0 unspecified atom stereocenters. The van der Waals surface area contributed by atoms with Crippen molar-refractivity contribution >= 4 is 23.2 Å². The van der Waals surface area contributed by atoms with Gasteiger partial charge in [0.25, 0.3) is 0 Å². The molecule has 1 aromatic rings. The summed E-state index contributed by atoms with van der Waals surface area (Å²) in [5.74, 6) is 0. The fourth-order valence-electron chi connectivity index (χ4n) is 0.320. The Morgan fingerprint density at radius 3 is 1.70 bits per heavy atom. The number of hydrogen-bond acceptors (Lipinski definition) is 2. The Labute approximate surface area is 70.2 Å². The Kier molecular flexibility index (Phi) is 5.26. The second-order valence-corrected chi connectivity index (χ2v) is 1.94. The van der Waals surface area contributed by atoms with Gasteiger partial charge in [-0.1, -0.05) is 37.0 Å². The van der Waals surface area contributed by atoms with E-state index in [0.717, 1.165) is 0 Å². The van der Waals surface area contributed by atoms with Gasteiger partial charge in [0.05, 0.1) is 12.4 Å². The van der Waals surface area contributed by atoms with Crippen molar-refractivity contribution < 1.29 is 0 Å². The largest absolute Gasteiger partial charge is 0.258 e. The summed E-state index contributed by atoms with van der Waals surface area (Å²) in [6.07, 6.45) is 2.85. The SMILES string of the molecule is CC.Clc1cncc(Cl)n1. The summed E-state index contributed by atoms with van der Waals surface area (Å²) in [6.45, 7) is 4.00. The molecular weight excluding hydrogens is 171 g/mol. The maximum absolute atomic E-state index is 5.39. The average molecular weight is 179 g/mol. The van der Waals surface area contributed by atoms with E-state index in [0.29, 0.717) is 10.3 Å². The van der Waals surface area contributed by atoms with Gasteiger partial charge in [0.2, 0.25) is 0 Å². The molecule has 1 rings (SSSR count). The molecule has 0 aliphatic carbocycles. The van der Waals surface area contributed by atoms with E-state index in [4.69, 9.17) is 23.2 Å². The molecule has 0 fully saturated rings. The molecule has 0 bridgehead atoms. The molecule has 0 aliphatic rings. The molecular formula is C6H8Cl2N2. The van der Waals surface area contributed by atoms with Crippen LogP contribution >= 0.6 is 23.2 Å². The zero-order chi connectivity index (χ0) is 7.98. The van der Waals surface area contributed by atoms with E-state index < -0.39 is 0 Å². The van der Waals surface area contributed by atoms with Crippen LogP contribution < -0.4 is 0 Å². The highest BCUT2D eigenvalue weighted by Gasteiger charge is 1.87. The molecule has 1 aromatic heterocycles. The number of rotatable bonds is 0. The Bertz CT molecular complexity index is 174. The van der Waals surface area contributed by atoms with Crippen LogP contribution in [0.3, 0.4) is 0 Å². The van der Waals surface area contributed by atoms with Crippen LogP contribution in [0.15, 0.2) is 12.4 Å². The minimum absolute atomic E-state index is 0.317. The van der Waals surface area contributed by atoms with Crippen molar-refractivity contribution in [2.45, 2.75) is 13.8 Å². The van der Waals surface area contributed by atoms with Crippen molar-refractivity contribution in [2.24, 2.45) is 0 Å². The van der Waals surface area contributed by atoms with Crippen LogP contribution in [-0.4, -0.2) is 9.97 Å². The first-order valence-electron chi connectivity index (χ1n) is 2.92. The van der Waals surface area contributed by atoms with Crippen molar-refractivity contribution in [3.05, 3.63) is 22.7 Å². The van der Waals surface area contributed by atoms with Crippen LogP contribution in [0.25, 0.3) is 0 Å². The Balaban J connectivity index is 0.000000371. The van der Waals surface area contributed by atoms with Crippen LogP contribution in [0.1, 0.15) is 13.8 Å². The summed E-state index contributed by atoms with van der Waals surface area (Å²) in [5, 5.41) is 0.634. The minimum atomic E-state index is 0.317. The summed E-state index contributed by atoms with van der Waals surface area (Å²) >= 11 is 10.8. The molecule has 0 saturated carbocycles. The van der Waals surface area contributed by atoms with Gasteiger partial charge in [-0.3, -0.25) is 4.98 Å². The van der Waals surface area contributed by atoms with E-state index in [1.165, 1.54) is 12.4 Å². The van der Waals surface area contributed by atoms with Gasteiger partial charge in [-0.05, 0) is 0 Å². The molecule has 10 heavy (non-hydrogen) atoms. The smallest absolute Gasteiger partial charge is 0.149 e. The van der Waals surface area contributed by atoms with Gasteiger partial charge in [0.15, 0.2) is 0 Å². The normalized spacial score (nSPS) is 8.00. The molecule has 56 valence electrons. The van der Waals surface area contributed by atoms with Crippen molar-refractivity contribution in [3.8, 4) is 0 Å². The Morgan fingerprint density at radius 1 is 1.10 bits per heavy atom. The Hall–Kier alpha value is -0.340. The van der Waals surface area contributed by atoms with E-state index in [-0.39, 0.29) is 0 Å². The molecule has 0 N–H and O–H groups in total. The molecule has 4 heteroatoms. The van der Waals surface area contributed by atoms with Crippen LogP contribution in [-0.2, 0) is 0 Å². The average Bonchev–Trinajstić information content (AvgIpc) is 1.91. The lowest BCUT2D eigenvalue weighted by Gasteiger charge is -1.85. The number of hydrogen-bond donors (Lipinski definition) is 0. The fraction of sp³-hybridized carbons (Fsp3) is 0.333. The second kappa shape index (κ2) is 5.45. The lowest BCUT2D eigenvalue weighted by atomic mass is 10.8. The number of nitrogens with zero attached hydrogens (tertiary/aromatic N) is 2. The Morgan fingerprint density at radius 2 is 1.50 bits per heavy atom. The molecule has 0 radical (unpaired) electrons. The van der Waals surface area contributed by atoms with Crippen molar-refractivity contribution in [1.82, 2.24) is 9.97 Å². The van der Waals surface area contributed by atoms with Crippen molar-refractivity contribution in [2.75, 3.05) is 0 Å². The van der Waals surface area contributed by atoms with Crippen LogP contribution in [0.5, 0.6) is 0 Å². The minimum Gasteiger partial charge on any atom is -0.258 e. The first kappa shape index (κ1) is 9.66. The molecule has 2 nitrogen and oxygen atoms in total. The number of aromatic nitrogens is 2. The summed E-state index contributed by atoms with van der Waals surface area (Å²) in [4.78, 5) is 7.30. The third-order valence-corrected chi connectivity index (χ3v) is 0.940. The van der Waals surface area contributed by atoms with Gasteiger partial charge in [0.1, 0.15) is 10.3 Å². The molecule has 0 amide bonds. The van der Waals surface area contributed by atoms with Gasteiger partial charge in [-0.15, -0.1) is 0 Å². The predicted octanol–water partition coefficient (Wildman–Crippen LogP) is 2.81. The number of halogens is 2.